The number of aromatic nitrogens is 2. The third-order valence-corrected chi connectivity index (χ3v) is 4.24. The van der Waals surface area contributed by atoms with Gasteiger partial charge in [-0.05, 0) is 19.1 Å². The number of hydrogen-bond donors (Lipinski definition) is 1. The first kappa shape index (κ1) is 16.6. The monoisotopic (exact) mass is 366 g/mol. The molecule has 2 atom stereocenters. The van der Waals surface area contributed by atoms with Crippen molar-refractivity contribution in [2.75, 3.05) is 19.6 Å². The number of ether oxygens (including phenoxy) is 2. The van der Waals surface area contributed by atoms with Gasteiger partial charge in [0.05, 0.1) is 13.1 Å². The maximum Gasteiger partial charge on any atom is 0.317 e. The molecule has 4 rings (SSSR count). The molecule has 0 bridgehead atoms. The van der Waals surface area contributed by atoms with Gasteiger partial charge in [-0.25, -0.2) is 13.6 Å². The summed E-state index contributed by atoms with van der Waals surface area (Å²) >= 11 is 0. The maximum absolute atomic E-state index is 13.8. The van der Waals surface area contributed by atoms with E-state index in [1.807, 2.05) is 0 Å². The van der Waals surface area contributed by atoms with E-state index in [-0.39, 0.29) is 30.6 Å². The molecule has 3 heterocycles. The molecular weight excluding hydrogens is 350 g/mol. The molecule has 138 valence electrons. The lowest BCUT2D eigenvalue weighted by Crippen LogP contribution is -2.40. The van der Waals surface area contributed by atoms with Gasteiger partial charge in [-0.3, -0.25) is 0 Å². The van der Waals surface area contributed by atoms with Crippen LogP contribution in [-0.2, 0) is 6.42 Å². The van der Waals surface area contributed by atoms with Crippen molar-refractivity contribution in [3.63, 3.8) is 0 Å². The Morgan fingerprint density at radius 2 is 1.85 bits per heavy atom. The van der Waals surface area contributed by atoms with Gasteiger partial charge >= 0.3 is 6.03 Å². The highest BCUT2D eigenvalue weighted by Gasteiger charge is 2.43. The summed E-state index contributed by atoms with van der Waals surface area (Å²) in [6.07, 6.45) is -0.700. The Morgan fingerprint density at radius 3 is 2.38 bits per heavy atom. The number of halogens is 2. The van der Waals surface area contributed by atoms with E-state index in [4.69, 9.17) is 14.0 Å². The molecule has 1 saturated heterocycles. The van der Waals surface area contributed by atoms with Crippen molar-refractivity contribution in [1.29, 1.82) is 0 Å². The number of urea groups is 1. The van der Waals surface area contributed by atoms with E-state index < -0.39 is 23.8 Å². The highest BCUT2D eigenvalue weighted by atomic mass is 19.1. The van der Waals surface area contributed by atoms with E-state index >= 15 is 0 Å². The van der Waals surface area contributed by atoms with Crippen molar-refractivity contribution in [2.45, 2.75) is 25.6 Å². The number of nitrogens with zero attached hydrogens (tertiary/aromatic N) is 3. The van der Waals surface area contributed by atoms with Crippen LogP contribution in [0.4, 0.5) is 13.6 Å². The molecule has 0 unspecified atom stereocenters. The Balaban J connectivity index is 1.35. The quantitative estimate of drug-likeness (QED) is 0.884. The molecule has 1 aromatic heterocycles. The van der Waals surface area contributed by atoms with E-state index in [0.717, 1.165) is 12.1 Å². The van der Waals surface area contributed by atoms with E-state index in [1.54, 1.807) is 6.92 Å². The number of fused-ring (bicyclic) bond motifs is 2. The average Bonchev–Trinajstić information content (AvgIpc) is 3.22. The SMILES string of the molecule is Cc1noc(CCNC(=O)N2C[C@@H]3Oc4c(F)ccc(F)c4O[C@@H]3C2)n1. The molecular formula is C16H16F2N4O4. The van der Waals surface area contributed by atoms with Crippen molar-refractivity contribution in [3.05, 3.63) is 35.5 Å². The van der Waals surface area contributed by atoms with Crippen molar-refractivity contribution >= 4 is 6.03 Å². The van der Waals surface area contributed by atoms with Crippen LogP contribution in [0.1, 0.15) is 11.7 Å². The van der Waals surface area contributed by atoms with Crippen LogP contribution in [0.25, 0.3) is 0 Å². The number of amides is 2. The zero-order valence-corrected chi connectivity index (χ0v) is 13.9. The predicted molar refractivity (Wildman–Crippen MR) is 82.9 cm³/mol. The van der Waals surface area contributed by atoms with Gasteiger partial charge in [0, 0.05) is 13.0 Å². The standard InChI is InChI=1S/C16H16F2N4O4/c1-8-20-13(26-21-8)4-5-19-16(23)22-6-11-12(7-22)25-15-10(18)3-2-9(17)14(15)24-11/h2-3,11-12H,4-7H2,1H3,(H,19,23)/t11-,12+. The normalized spacial score (nSPS) is 20.8. The summed E-state index contributed by atoms with van der Waals surface area (Å²) in [5.74, 6) is -0.926. The summed E-state index contributed by atoms with van der Waals surface area (Å²) < 4.78 is 43.6. The van der Waals surface area contributed by atoms with Crippen LogP contribution < -0.4 is 14.8 Å². The minimum absolute atomic E-state index is 0.214. The Bertz CT molecular complexity index is 805. The van der Waals surface area contributed by atoms with Gasteiger partial charge in [0.1, 0.15) is 0 Å². The van der Waals surface area contributed by atoms with E-state index in [9.17, 15) is 13.6 Å². The predicted octanol–water partition coefficient (Wildman–Crippen LogP) is 1.43. The number of carbonyl (C=O) groups is 1. The molecule has 0 aliphatic carbocycles. The first-order chi connectivity index (χ1) is 12.5. The second-order valence-electron chi connectivity index (χ2n) is 6.12. The van der Waals surface area contributed by atoms with Crippen molar-refractivity contribution < 1.29 is 27.6 Å². The van der Waals surface area contributed by atoms with E-state index in [1.165, 1.54) is 4.90 Å². The number of carbonyl (C=O) groups excluding carboxylic acids is 1. The van der Waals surface area contributed by atoms with Gasteiger partial charge in [0.15, 0.2) is 29.7 Å². The van der Waals surface area contributed by atoms with Gasteiger partial charge in [-0.1, -0.05) is 5.16 Å². The molecule has 2 aromatic rings. The number of likely N-dealkylation sites (tertiary alicyclic amines) is 1. The summed E-state index contributed by atoms with van der Waals surface area (Å²) in [4.78, 5) is 17.8. The molecule has 26 heavy (non-hydrogen) atoms. The molecule has 0 saturated carbocycles. The van der Waals surface area contributed by atoms with Crippen LogP contribution in [0.3, 0.4) is 0 Å². The van der Waals surface area contributed by atoms with Gasteiger partial charge in [0.25, 0.3) is 0 Å². The fourth-order valence-corrected chi connectivity index (χ4v) is 3.00. The van der Waals surface area contributed by atoms with Crippen LogP contribution in [-0.4, -0.2) is 52.9 Å². The van der Waals surface area contributed by atoms with Crippen LogP contribution >= 0.6 is 0 Å². The van der Waals surface area contributed by atoms with Crippen LogP contribution in [0.5, 0.6) is 11.5 Å². The number of nitrogens with one attached hydrogen (secondary N) is 1. The number of benzene rings is 1. The Hall–Kier alpha value is -2.91. The first-order valence-corrected chi connectivity index (χ1v) is 8.14. The van der Waals surface area contributed by atoms with Gasteiger partial charge < -0.3 is 24.2 Å². The van der Waals surface area contributed by atoms with Crippen LogP contribution in [0.2, 0.25) is 0 Å². The topological polar surface area (TPSA) is 89.7 Å². The van der Waals surface area contributed by atoms with E-state index in [2.05, 4.69) is 15.5 Å². The van der Waals surface area contributed by atoms with Crippen LogP contribution in [0, 0.1) is 18.6 Å². The second-order valence-corrected chi connectivity index (χ2v) is 6.12. The van der Waals surface area contributed by atoms with Crippen LogP contribution in [0.15, 0.2) is 16.7 Å². The van der Waals surface area contributed by atoms with Gasteiger partial charge in [0.2, 0.25) is 17.4 Å². The lowest BCUT2D eigenvalue weighted by molar-refractivity contribution is 0.0467. The lowest BCUT2D eigenvalue weighted by atomic mass is 10.2. The minimum Gasteiger partial charge on any atom is -0.478 e. The minimum atomic E-state index is -0.697. The van der Waals surface area contributed by atoms with Crippen molar-refractivity contribution in [2.24, 2.45) is 0 Å². The number of aryl methyl sites for hydroxylation is 1. The summed E-state index contributed by atoms with van der Waals surface area (Å²) in [6.45, 7) is 2.45. The van der Waals surface area contributed by atoms with Gasteiger partial charge in [-0.2, -0.15) is 4.98 Å². The van der Waals surface area contributed by atoms with Gasteiger partial charge in [-0.15, -0.1) is 0 Å². The number of hydrogen-bond acceptors (Lipinski definition) is 6. The average molecular weight is 366 g/mol. The molecule has 1 fully saturated rings. The highest BCUT2D eigenvalue weighted by Crippen LogP contribution is 2.40. The summed E-state index contributed by atoms with van der Waals surface area (Å²) in [6, 6.07) is 1.64. The maximum atomic E-state index is 13.8. The summed E-state index contributed by atoms with van der Waals surface area (Å²) in [5.41, 5.74) is 0. The molecule has 1 N–H and O–H groups in total. The lowest BCUT2D eigenvalue weighted by Gasteiger charge is -2.28. The molecule has 2 aliphatic rings. The smallest absolute Gasteiger partial charge is 0.317 e. The summed E-state index contributed by atoms with van der Waals surface area (Å²) in [5, 5.41) is 6.41. The fourth-order valence-electron chi connectivity index (χ4n) is 3.00. The number of rotatable bonds is 3. The van der Waals surface area contributed by atoms with E-state index in [0.29, 0.717) is 24.7 Å². The molecule has 8 nitrogen and oxygen atoms in total. The zero-order chi connectivity index (χ0) is 18.3. The second kappa shape index (κ2) is 6.43. The summed E-state index contributed by atoms with van der Waals surface area (Å²) in [7, 11) is 0. The zero-order valence-electron chi connectivity index (χ0n) is 13.9. The molecule has 0 spiro atoms. The highest BCUT2D eigenvalue weighted by molar-refractivity contribution is 5.74. The molecule has 1 aromatic carbocycles. The van der Waals surface area contributed by atoms with Crippen molar-refractivity contribution in [3.8, 4) is 11.5 Å². The van der Waals surface area contributed by atoms with Crippen molar-refractivity contribution in [1.82, 2.24) is 20.4 Å². The third-order valence-electron chi connectivity index (χ3n) is 4.24. The Labute approximate surface area is 147 Å². The molecule has 0 radical (unpaired) electrons. The molecule has 10 heteroatoms. The largest absolute Gasteiger partial charge is 0.478 e. The first-order valence-electron chi connectivity index (χ1n) is 8.14. The fraction of sp³-hybridized carbons (Fsp3) is 0.438. The Morgan fingerprint density at radius 1 is 1.23 bits per heavy atom. The molecule has 2 aliphatic heterocycles. The molecule has 2 amide bonds. The third kappa shape index (κ3) is 3.02. The Kier molecular flexibility index (Phi) is 4.09.